The summed E-state index contributed by atoms with van der Waals surface area (Å²) in [6, 6.07) is 7.53. The van der Waals surface area contributed by atoms with Crippen molar-refractivity contribution >= 4 is 9.84 Å². The van der Waals surface area contributed by atoms with Crippen molar-refractivity contribution in [1.82, 2.24) is 4.90 Å². The molecule has 1 aliphatic heterocycles. The molecular formula is C21H35NO2S. The third-order valence-electron chi connectivity index (χ3n) is 5.58. The van der Waals surface area contributed by atoms with E-state index < -0.39 is 9.84 Å². The van der Waals surface area contributed by atoms with Crippen LogP contribution in [0.1, 0.15) is 53.0 Å². The Kier molecular flexibility index (Phi) is 7.10. The molecule has 1 atom stereocenters. The highest BCUT2D eigenvalue weighted by molar-refractivity contribution is 7.92. The zero-order valence-electron chi connectivity index (χ0n) is 16.5. The van der Waals surface area contributed by atoms with Crippen molar-refractivity contribution < 1.29 is 8.42 Å². The van der Waals surface area contributed by atoms with Gasteiger partial charge in [-0.1, -0.05) is 32.9 Å². The van der Waals surface area contributed by atoms with Crippen LogP contribution >= 0.6 is 0 Å². The molecule has 142 valence electrons. The number of nitrogens with zero attached hydrogens (tertiary/aromatic N) is 1. The fourth-order valence-electron chi connectivity index (χ4n) is 3.83. The minimum absolute atomic E-state index is 0.373. The minimum Gasteiger partial charge on any atom is -0.303 e. The molecule has 0 saturated carbocycles. The van der Waals surface area contributed by atoms with E-state index in [0.29, 0.717) is 10.8 Å². The molecule has 0 bridgehead atoms. The van der Waals surface area contributed by atoms with Crippen molar-refractivity contribution in [1.29, 1.82) is 0 Å². The lowest BCUT2D eigenvalue weighted by Crippen LogP contribution is -2.38. The Morgan fingerprint density at radius 2 is 1.72 bits per heavy atom. The Morgan fingerprint density at radius 3 is 2.28 bits per heavy atom. The summed E-state index contributed by atoms with van der Waals surface area (Å²) < 4.78 is 24.7. The quantitative estimate of drug-likeness (QED) is 0.718. The van der Waals surface area contributed by atoms with Crippen LogP contribution in [-0.4, -0.2) is 38.2 Å². The normalized spacial score (nSPS) is 18.8. The summed E-state index contributed by atoms with van der Waals surface area (Å²) in [6.45, 7) is 13.9. The lowest BCUT2D eigenvalue weighted by molar-refractivity contribution is 0.142. The molecule has 1 unspecified atom stereocenters. The summed E-state index contributed by atoms with van der Waals surface area (Å²) in [4.78, 5) is 3.04. The molecule has 0 aliphatic carbocycles. The molecule has 1 fully saturated rings. The fraction of sp³-hybridized carbons (Fsp3) is 0.714. The number of sulfone groups is 1. The van der Waals surface area contributed by atoms with Gasteiger partial charge >= 0.3 is 0 Å². The Labute approximate surface area is 154 Å². The fourth-order valence-corrected chi connectivity index (χ4v) is 4.96. The number of hydrogen-bond donors (Lipinski definition) is 0. The van der Waals surface area contributed by atoms with Crippen molar-refractivity contribution in [2.45, 2.75) is 64.0 Å². The summed E-state index contributed by atoms with van der Waals surface area (Å²) in [5.74, 6) is 2.21. The van der Waals surface area contributed by atoms with Gasteiger partial charge in [-0.05, 0) is 81.6 Å². The maximum atomic E-state index is 12.4. The predicted octanol–water partition coefficient (Wildman–Crippen LogP) is 4.42. The second kappa shape index (κ2) is 8.68. The molecule has 0 radical (unpaired) electrons. The van der Waals surface area contributed by atoms with Gasteiger partial charge in [-0.15, -0.1) is 0 Å². The first kappa shape index (κ1) is 20.4. The number of likely N-dealkylation sites (tertiary alicyclic amines) is 1. The molecule has 1 aliphatic rings. The largest absolute Gasteiger partial charge is 0.303 e. The highest BCUT2D eigenvalue weighted by atomic mass is 32.2. The first-order valence-electron chi connectivity index (χ1n) is 9.75. The molecule has 1 heterocycles. The summed E-state index contributed by atoms with van der Waals surface area (Å²) in [5.41, 5.74) is 1.13. The Morgan fingerprint density at radius 1 is 1.08 bits per heavy atom. The first-order valence-corrected chi connectivity index (χ1v) is 11.3. The Balaban J connectivity index is 1.92. The van der Waals surface area contributed by atoms with Crippen LogP contribution in [-0.2, 0) is 16.3 Å². The van der Waals surface area contributed by atoms with Gasteiger partial charge in [0.15, 0.2) is 9.84 Å². The van der Waals surface area contributed by atoms with Gasteiger partial charge < -0.3 is 4.90 Å². The summed E-state index contributed by atoms with van der Waals surface area (Å²) in [7, 11) is -3.19. The van der Waals surface area contributed by atoms with Crippen LogP contribution in [0.2, 0.25) is 0 Å². The highest BCUT2D eigenvalue weighted by Crippen LogP contribution is 2.25. The van der Waals surface area contributed by atoms with Crippen LogP contribution in [0.15, 0.2) is 29.2 Å². The van der Waals surface area contributed by atoms with Crippen LogP contribution in [0, 0.1) is 17.8 Å². The van der Waals surface area contributed by atoms with E-state index in [2.05, 4.69) is 31.7 Å². The molecule has 1 saturated heterocycles. The van der Waals surface area contributed by atoms with Gasteiger partial charge in [-0.3, -0.25) is 0 Å². The van der Waals surface area contributed by atoms with E-state index in [9.17, 15) is 8.42 Å². The third-order valence-corrected chi connectivity index (χ3v) is 7.73. The maximum absolute atomic E-state index is 12.4. The highest BCUT2D eigenvalue weighted by Gasteiger charge is 2.23. The topological polar surface area (TPSA) is 37.4 Å². The average molecular weight is 366 g/mol. The smallest absolute Gasteiger partial charge is 0.180 e. The third kappa shape index (κ3) is 5.55. The van der Waals surface area contributed by atoms with Gasteiger partial charge in [0.25, 0.3) is 0 Å². The van der Waals surface area contributed by atoms with E-state index >= 15 is 0 Å². The second-order valence-corrected chi connectivity index (χ2v) is 10.9. The zero-order valence-corrected chi connectivity index (χ0v) is 17.3. The number of benzene rings is 1. The van der Waals surface area contributed by atoms with Gasteiger partial charge in [-0.25, -0.2) is 8.42 Å². The molecule has 1 aromatic rings. The monoisotopic (exact) mass is 365 g/mol. The van der Waals surface area contributed by atoms with Crippen molar-refractivity contribution in [2.75, 3.05) is 19.6 Å². The number of hydrogen-bond acceptors (Lipinski definition) is 3. The molecule has 25 heavy (non-hydrogen) atoms. The number of rotatable bonds is 7. The molecule has 3 nitrogen and oxygen atoms in total. The molecule has 1 aromatic carbocycles. The van der Waals surface area contributed by atoms with E-state index in [1.165, 1.54) is 25.9 Å². The van der Waals surface area contributed by atoms with Gasteiger partial charge in [0.2, 0.25) is 0 Å². The van der Waals surface area contributed by atoms with E-state index in [4.69, 9.17) is 0 Å². The Bertz CT molecular complexity index is 644. The lowest BCUT2D eigenvalue weighted by Gasteiger charge is -2.35. The van der Waals surface area contributed by atoms with Gasteiger partial charge in [0.1, 0.15) is 0 Å². The van der Waals surface area contributed by atoms with E-state index in [0.717, 1.165) is 30.4 Å². The molecule has 4 heteroatoms. The lowest BCUT2D eigenvalue weighted by atomic mass is 9.86. The van der Waals surface area contributed by atoms with Crippen LogP contribution in [0.5, 0.6) is 0 Å². The molecular weight excluding hydrogens is 330 g/mol. The Hall–Kier alpha value is -0.870. The van der Waals surface area contributed by atoms with E-state index in [1.807, 2.05) is 12.1 Å². The SMILES string of the molecule is CC(Cc1cccc(S(=O)(=O)C(C)C)c1)CN1CCC(C(C)C)CC1. The summed E-state index contributed by atoms with van der Waals surface area (Å²) in [5, 5.41) is -0.373. The van der Waals surface area contributed by atoms with Crippen LogP contribution in [0.3, 0.4) is 0 Å². The molecule has 0 aromatic heterocycles. The van der Waals surface area contributed by atoms with Crippen LogP contribution in [0.25, 0.3) is 0 Å². The standard InChI is InChI=1S/C21H35NO2S/c1-16(2)20-9-11-22(12-10-20)15-18(5)13-19-7-6-8-21(14-19)25(23,24)17(3)4/h6-8,14,16-18,20H,9-13,15H2,1-5H3. The number of piperidine rings is 1. The van der Waals surface area contributed by atoms with Crippen molar-refractivity contribution in [3.8, 4) is 0 Å². The second-order valence-electron chi connectivity index (χ2n) is 8.43. The first-order chi connectivity index (χ1) is 11.7. The molecule has 0 N–H and O–H groups in total. The molecule has 0 amide bonds. The van der Waals surface area contributed by atoms with Gasteiger partial charge in [0, 0.05) is 6.54 Å². The van der Waals surface area contributed by atoms with E-state index in [-0.39, 0.29) is 5.25 Å². The molecule has 2 rings (SSSR count). The van der Waals surface area contributed by atoms with Gasteiger partial charge in [-0.2, -0.15) is 0 Å². The van der Waals surface area contributed by atoms with Gasteiger partial charge in [0.05, 0.1) is 10.1 Å². The van der Waals surface area contributed by atoms with E-state index in [1.54, 1.807) is 19.9 Å². The molecule has 0 spiro atoms. The maximum Gasteiger partial charge on any atom is 0.180 e. The van der Waals surface area contributed by atoms with Crippen LogP contribution < -0.4 is 0 Å². The van der Waals surface area contributed by atoms with Crippen molar-refractivity contribution in [2.24, 2.45) is 17.8 Å². The van der Waals surface area contributed by atoms with Crippen molar-refractivity contribution in [3.05, 3.63) is 29.8 Å². The summed E-state index contributed by atoms with van der Waals surface area (Å²) >= 11 is 0. The average Bonchev–Trinajstić information content (AvgIpc) is 2.55. The minimum atomic E-state index is -3.19. The van der Waals surface area contributed by atoms with Crippen LogP contribution in [0.4, 0.5) is 0 Å². The van der Waals surface area contributed by atoms with Crippen molar-refractivity contribution in [3.63, 3.8) is 0 Å². The summed E-state index contributed by atoms with van der Waals surface area (Å²) in [6.07, 6.45) is 3.56. The predicted molar refractivity (Wildman–Crippen MR) is 106 cm³/mol. The zero-order chi connectivity index (χ0) is 18.6.